The highest BCUT2D eigenvalue weighted by Crippen LogP contribution is 2.60. The van der Waals surface area contributed by atoms with Crippen molar-refractivity contribution in [3.63, 3.8) is 0 Å². The summed E-state index contributed by atoms with van der Waals surface area (Å²) < 4.78 is 15.2. The lowest BCUT2D eigenvalue weighted by molar-refractivity contribution is -0.385. The van der Waals surface area contributed by atoms with E-state index in [1.54, 1.807) is 52.3 Å². The van der Waals surface area contributed by atoms with Gasteiger partial charge in [-0.1, -0.05) is 54.6 Å². The number of carbonyl (C=O) groups is 1. The first-order valence-corrected chi connectivity index (χ1v) is 20.8. The Labute approximate surface area is 312 Å². The normalized spacial score (nSPS) is 21.4. The third kappa shape index (κ3) is 6.42. The van der Waals surface area contributed by atoms with E-state index in [2.05, 4.69) is 10.3 Å². The van der Waals surface area contributed by atoms with Crippen LogP contribution < -0.4 is 15.2 Å². The summed E-state index contributed by atoms with van der Waals surface area (Å²) in [5, 5.41) is 30.9. The van der Waals surface area contributed by atoms with E-state index in [0.29, 0.717) is 35.6 Å². The molecule has 1 fully saturated rings. The molecule has 54 heavy (non-hydrogen) atoms. The summed E-state index contributed by atoms with van der Waals surface area (Å²) in [6.45, 7) is 5.89. The number of fused-ring (bicyclic) bond motifs is 2. The molecule has 0 radical (unpaired) electrons. The van der Waals surface area contributed by atoms with E-state index in [-0.39, 0.29) is 42.0 Å². The number of aliphatic hydroxyl groups is 1. The number of ether oxygens (including phenoxy) is 2. The lowest BCUT2D eigenvalue weighted by Crippen LogP contribution is -2.46. The maximum atomic E-state index is 14.9. The molecule has 15 heteroatoms. The predicted octanol–water partition coefficient (Wildman–Crippen LogP) is 4.90. The van der Waals surface area contributed by atoms with Gasteiger partial charge in [0.15, 0.2) is 19.7 Å². The smallest absolute Gasteiger partial charge is 0.297 e. The molecule has 0 aliphatic carbocycles. The van der Waals surface area contributed by atoms with Crippen molar-refractivity contribution in [3.8, 4) is 11.4 Å². The fraction of sp³-hybridized carbons (Fsp3) is 0.333. The Morgan fingerprint density at radius 1 is 1.06 bits per heavy atom. The van der Waals surface area contributed by atoms with Crippen LogP contribution in [0.1, 0.15) is 41.6 Å². The van der Waals surface area contributed by atoms with E-state index >= 15 is 0 Å². The SMILES string of the molecule is COc1cccn(-c2ccc(CN3C(=O)[C@]4(O[C@H](CCn5cc(C(CO)c6ccccc6)nn5)[C@@H]([Si](C)(C)O)[C@@H]4C)c4cc([N+](=O)[O-])ccc43)cc2)c1=O. The zero-order chi connectivity index (χ0) is 38.4. The summed E-state index contributed by atoms with van der Waals surface area (Å²) >= 11 is 0. The summed E-state index contributed by atoms with van der Waals surface area (Å²) in [5.41, 5.74) is 1.33. The molecule has 7 rings (SSSR count). The predicted molar refractivity (Wildman–Crippen MR) is 202 cm³/mol. The Kier molecular flexibility index (Phi) is 9.82. The van der Waals surface area contributed by atoms with Crippen LogP contribution in [-0.2, 0) is 28.2 Å². The van der Waals surface area contributed by atoms with Gasteiger partial charge in [-0.3, -0.25) is 29.0 Å². The molecule has 2 aliphatic rings. The first-order valence-electron chi connectivity index (χ1n) is 17.8. The average molecular weight is 751 g/mol. The number of nitrogens with zero attached hydrogens (tertiary/aromatic N) is 6. The van der Waals surface area contributed by atoms with E-state index in [9.17, 15) is 29.6 Å². The Morgan fingerprint density at radius 3 is 2.46 bits per heavy atom. The Hall–Kier alpha value is -5.48. The Bertz CT molecular complexity index is 2240. The van der Waals surface area contributed by atoms with Crippen molar-refractivity contribution in [1.29, 1.82) is 0 Å². The topological polar surface area (TPSA) is 175 Å². The standard InChI is InChI=1S/C39H42N6O8Si/c1-25-36(54(3,4)51)34(18-20-42-23-32(40-41-42)30(24-46)27-9-6-5-7-10-27)53-39(25)31-21-29(45(49)50)16-17-33(31)44(38(39)48)22-26-12-14-28(15-13-26)43-19-8-11-35(52-2)37(43)47/h5-17,19,21,23,25,30,34,36,46,51H,18,20,22,24H2,1-4H3/t25-,30?,34+,36-,39+/m0/s1. The van der Waals surface area contributed by atoms with Gasteiger partial charge in [-0.2, -0.15) is 0 Å². The maximum absolute atomic E-state index is 14.9. The molecule has 1 saturated heterocycles. The molecule has 1 spiro atoms. The molecule has 0 saturated carbocycles. The molecular formula is C39H42N6O8Si. The molecule has 3 aromatic carbocycles. The van der Waals surface area contributed by atoms with E-state index in [1.807, 2.05) is 62.5 Å². The largest absolute Gasteiger partial charge is 0.491 e. The second-order valence-electron chi connectivity index (χ2n) is 14.5. The van der Waals surface area contributed by atoms with Crippen molar-refractivity contribution in [3.05, 3.63) is 140 Å². The number of anilines is 1. The number of benzene rings is 3. The molecule has 4 heterocycles. The minimum atomic E-state index is -3.02. The van der Waals surface area contributed by atoms with Crippen LogP contribution in [0, 0.1) is 16.0 Å². The van der Waals surface area contributed by atoms with Gasteiger partial charge < -0.3 is 24.3 Å². The van der Waals surface area contributed by atoms with Crippen molar-refractivity contribution in [2.75, 3.05) is 18.6 Å². The van der Waals surface area contributed by atoms with Gasteiger partial charge in [0.2, 0.25) is 0 Å². The molecule has 1 amide bonds. The molecule has 5 atom stereocenters. The molecule has 5 aromatic rings. The number of amides is 1. The highest BCUT2D eigenvalue weighted by atomic mass is 28.4. The van der Waals surface area contributed by atoms with Gasteiger partial charge in [-0.05, 0) is 61.0 Å². The number of carbonyl (C=O) groups excluding carboxylic acids is 1. The summed E-state index contributed by atoms with van der Waals surface area (Å²) in [6, 6.07) is 24.5. The number of aromatic nitrogens is 4. The number of nitro benzene ring substituents is 1. The second kappa shape index (κ2) is 14.4. The number of non-ortho nitro benzene ring substituents is 1. The molecule has 1 unspecified atom stereocenters. The minimum absolute atomic E-state index is 0.138. The average Bonchev–Trinajstić information content (AvgIpc) is 3.82. The summed E-state index contributed by atoms with van der Waals surface area (Å²) in [7, 11) is -1.58. The number of rotatable bonds is 12. The third-order valence-electron chi connectivity index (χ3n) is 10.8. The molecule has 2 aromatic heterocycles. The van der Waals surface area contributed by atoms with Crippen LogP contribution in [0.15, 0.2) is 102 Å². The Balaban J connectivity index is 1.19. The van der Waals surface area contributed by atoms with E-state index in [4.69, 9.17) is 9.47 Å². The summed E-state index contributed by atoms with van der Waals surface area (Å²) in [5.74, 6) is -1.03. The summed E-state index contributed by atoms with van der Waals surface area (Å²) in [6.07, 6.45) is 3.23. The van der Waals surface area contributed by atoms with Crippen molar-refractivity contribution in [1.82, 2.24) is 19.6 Å². The van der Waals surface area contributed by atoms with Crippen LogP contribution in [0.2, 0.25) is 18.6 Å². The molecule has 0 bridgehead atoms. The highest BCUT2D eigenvalue weighted by molar-refractivity contribution is 6.71. The zero-order valence-electron chi connectivity index (χ0n) is 30.4. The molecular weight excluding hydrogens is 709 g/mol. The van der Waals surface area contributed by atoms with Gasteiger partial charge in [-0.25, -0.2) is 0 Å². The third-order valence-corrected chi connectivity index (χ3v) is 13.3. The van der Waals surface area contributed by atoms with Gasteiger partial charge in [-0.15, -0.1) is 5.10 Å². The molecule has 14 nitrogen and oxygen atoms in total. The monoisotopic (exact) mass is 750 g/mol. The van der Waals surface area contributed by atoms with E-state index in [1.165, 1.54) is 23.8 Å². The lowest BCUT2D eigenvalue weighted by Gasteiger charge is -2.32. The van der Waals surface area contributed by atoms with Gasteiger partial charge in [0.25, 0.3) is 17.2 Å². The van der Waals surface area contributed by atoms with E-state index in [0.717, 1.165) is 11.1 Å². The molecule has 280 valence electrons. The van der Waals surface area contributed by atoms with Crippen LogP contribution in [-0.4, -0.2) is 68.4 Å². The number of aryl methyl sites for hydroxylation is 1. The van der Waals surface area contributed by atoms with E-state index < -0.39 is 36.4 Å². The second-order valence-corrected chi connectivity index (χ2v) is 18.4. The number of hydrogen-bond acceptors (Lipinski definition) is 10. The van der Waals surface area contributed by atoms with Gasteiger partial charge in [0.05, 0.1) is 48.6 Å². The van der Waals surface area contributed by atoms with Crippen molar-refractivity contribution in [2.45, 2.75) is 62.7 Å². The number of pyridine rings is 1. The van der Waals surface area contributed by atoms with Crippen LogP contribution in [0.3, 0.4) is 0 Å². The van der Waals surface area contributed by atoms with Crippen molar-refractivity contribution in [2.24, 2.45) is 5.92 Å². The maximum Gasteiger partial charge on any atom is 0.297 e. The van der Waals surface area contributed by atoms with Crippen molar-refractivity contribution >= 4 is 25.6 Å². The summed E-state index contributed by atoms with van der Waals surface area (Å²) in [4.78, 5) is 52.6. The minimum Gasteiger partial charge on any atom is -0.491 e. The molecule has 2 N–H and O–H groups in total. The van der Waals surface area contributed by atoms with Crippen LogP contribution in [0.5, 0.6) is 5.75 Å². The zero-order valence-corrected chi connectivity index (χ0v) is 31.4. The fourth-order valence-corrected chi connectivity index (χ4v) is 10.9. The van der Waals surface area contributed by atoms with Crippen molar-refractivity contribution < 1.29 is 29.1 Å². The van der Waals surface area contributed by atoms with Gasteiger partial charge in [0.1, 0.15) is 0 Å². The quantitative estimate of drug-likeness (QED) is 0.101. The first-order chi connectivity index (χ1) is 25.9. The Morgan fingerprint density at radius 2 is 1.80 bits per heavy atom. The molecule has 2 aliphatic heterocycles. The van der Waals surface area contributed by atoms with Gasteiger partial charge >= 0.3 is 0 Å². The number of aliphatic hydroxyl groups excluding tert-OH is 1. The van der Waals surface area contributed by atoms with Crippen LogP contribution in [0.25, 0.3) is 5.69 Å². The van der Waals surface area contributed by atoms with Crippen LogP contribution in [0.4, 0.5) is 11.4 Å². The number of methoxy groups -OCH3 is 1. The lowest BCUT2D eigenvalue weighted by atomic mass is 9.82. The number of nitro groups is 1. The van der Waals surface area contributed by atoms with Crippen LogP contribution >= 0.6 is 0 Å². The number of hydrogen-bond donors (Lipinski definition) is 2. The highest BCUT2D eigenvalue weighted by Gasteiger charge is 2.66. The fourth-order valence-electron chi connectivity index (χ4n) is 8.28. The van der Waals surface area contributed by atoms with Gasteiger partial charge in [0, 0.05) is 53.8 Å². The first kappa shape index (κ1) is 36.9.